The number of aromatic nitrogens is 3. The van der Waals surface area contributed by atoms with Crippen molar-refractivity contribution in [3.8, 4) is 0 Å². The summed E-state index contributed by atoms with van der Waals surface area (Å²) >= 11 is 0. The minimum atomic E-state index is -0.231. The van der Waals surface area contributed by atoms with Gasteiger partial charge in [0.05, 0.1) is 0 Å². The quantitative estimate of drug-likeness (QED) is 0.440. The highest BCUT2D eigenvalue weighted by atomic mass is 16.5. The van der Waals surface area contributed by atoms with Gasteiger partial charge < -0.3 is 21.6 Å². The molecule has 0 aliphatic carbocycles. The summed E-state index contributed by atoms with van der Waals surface area (Å²) in [7, 11) is 0. The molecule has 7 nitrogen and oxygen atoms in total. The van der Waals surface area contributed by atoms with E-state index in [-0.39, 0.29) is 16.6 Å². The Kier molecular flexibility index (Phi) is 4.09. The van der Waals surface area contributed by atoms with Gasteiger partial charge in [0, 0.05) is 13.1 Å². The van der Waals surface area contributed by atoms with Gasteiger partial charge >= 0.3 is 17.8 Å². The lowest BCUT2D eigenvalue weighted by atomic mass is 10.3. The molecule has 1 aromatic rings. The van der Waals surface area contributed by atoms with Crippen LogP contribution in [0.4, 0.5) is 17.8 Å². The second-order valence-corrected chi connectivity index (χ2v) is 4.30. The number of nitrogens with two attached hydrogens (primary N) is 2. The number of hydrogen-bond donors (Lipinski definition) is 2. The number of anilines is 3. The summed E-state index contributed by atoms with van der Waals surface area (Å²) in [5, 5.41) is 11.3. The van der Waals surface area contributed by atoms with E-state index in [2.05, 4.69) is 23.1 Å². The fraction of sp³-hybridized carbons (Fsp3) is 0.364. The first-order valence-electron chi connectivity index (χ1n) is 5.37. The molecule has 0 bridgehead atoms. The van der Waals surface area contributed by atoms with Gasteiger partial charge in [0.2, 0.25) is 0 Å². The zero-order valence-corrected chi connectivity index (χ0v) is 10.7. The molecule has 0 amide bonds. The first-order valence-corrected chi connectivity index (χ1v) is 5.37. The second kappa shape index (κ2) is 5.35. The third-order valence-corrected chi connectivity index (χ3v) is 2.05. The Morgan fingerprint density at radius 3 is 1.89 bits per heavy atom. The molecular weight excluding hydrogens is 232 g/mol. The van der Waals surface area contributed by atoms with Crippen molar-refractivity contribution < 1.29 is 4.73 Å². The number of nitrogens with zero attached hydrogens (tertiary/aromatic N) is 4. The van der Waals surface area contributed by atoms with Gasteiger partial charge in [-0.2, -0.15) is 0 Å². The van der Waals surface area contributed by atoms with Gasteiger partial charge in [0.1, 0.15) is 0 Å². The summed E-state index contributed by atoms with van der Waals surface area (Å²) in [6, 6.07) is 0. The SMILES string of the molecule is C=C(C)CN(CC(=C)C)c1nc(N)[n+]([O-])c(N)n1. The normalized spacial score (nSPS) is 10.1. The molecular formula is C11H18N6O. The molecule has 0 aliphatic rings. The van der Waals surface area contributed by atoms with Crippen LogP contribution in [0.5, 0.6) is 0 Å². The van der Waals surface area contributed by atoms with E-state index in [1.807, 2.05) is 13.8 Å². The van der Waals surface area contributed by atoms with Gasteiger partial charge in [0.15, 0.2) is 0 Å². The minimum Gasteiger partial charge on any atom is -0.762 e. The van der Waals surface area contributed by atoms with Crippen molar-refractivity contribution in [2.75, 3.05) is 29.5 Å². The zero-order valence-electron chi connectivity index (χ0n) is 10.7. The average Bonchev–Trinajstić information content (AvgIpc) is 2.23. The molecule has 4 N–H and O–H groups in total. The van der Waals surface area contributed by atoms with Crippen LogP contribution in [0.25, 0.3) is 0 Å². The van der Waals surface area contributed by atoms with Crippen LogP contribution in [0.1, 0.15) is 13.8 Å². The van der Waals surface area contributed by atoms with Gasteiger partial charge in [-0.15, -0.1) is 0 Å². The van der Waals surface area contributed by atoms with Crippen molar-refractivity contribution in [3.05, 3.63) is 29.5 Å². The predicted molar refractivity (Wildman–Crippen MR) is 71.7 cm³/mol. The molecule has 0 radical (unpaired) electrons. The fourth-order valence-corrected chi connectivity index (χ4v) is 1.43. The van der Waals surface area contributed by atoms with E-state index in [0.717, 1.165) is 11.1 Å². The lowest BCUT2D eigenvalue weighted by molar-refractivity contribution is -0.579. The summed E-state index contributed by atoms with van der Waals surface area (Å²) in [4.78, 5) is 9.64. The molecule has 1 rings (SSSR count). The van der Waals surface area contributed by atoms with E-state index in [0.29, 0.717) is 19.0 Å². The second-order valence-electron chi connectivity index (χ2n) is 4.30. The molecule has 0 atom stereocenters. The molecule has 18 heavy (non-hydrogen) atoms. The molecule has 0 unspecified atom stereocenters. The summed E-state index contributed by atoms with van der Waals surface area (Å²) in [6.45, 7) is 12.5. The summed E-state index contributed by atoms with van der Waals surface area (Å²) < 4.78 is 0.281. The van der Waals surface area contributed by atoms with Gasteiger partial charge in [-0.05, 0) is 13.8 Å². The van der Waals surface area contributed by atoms with Gasteiger partial charge in [-0.3, -0.25) is 0 Å². The van der Waals surface area contributed by atoms with Crippen LogP contribution >= 0.6 is 0 Å². The Labute approximate surface area is 106 Å². The summed E-state index contributed by atoms with van der Waals surface area (Å²) in [6.07, 6.45) is 0. The van der Waals surface area contributed by atoms with Crippen LogP contribution in [0.2, 0.25) is 0 Å². The van der Waals surface area contributed by atoms with E-state index in [4.69, 9.17) is 11.5 Å². The van der Waals surface area contributed by atoms with Crippen molar-refractivity contribution in [3.63, 3.8) is 0 Å². The summed E-state index contributed by atoms with van der Waals surface area (Å²) in [5.74, 6) is -0.167. The molecule has 0 saturated carbocycles. The van der Waals surface area contributed by atoms with E-state index in [1.165, 1.54) is 0 Å². The van der Waals surface area contributed by atoms with Crippen LogP contribution in [0.3, 0.4) is 0 Å². The van der Waals surface area contributed by atoms with Crippen LogP contribution in [-0.4, -0.2) is 23.1 Å². The van der Waals surface area contributed by atoms with E-state index in [9.17, 15) is 5.21 Å². The monoisotopic (exact) mass is 250 g/mol. The van der Waals surface area contributed by atoms with Crippen LogP contribution < -0.4 is 21.1 Å². The first-order chi connectivity index (χ1) is 8.31. The maximum Gasteiger partial charge on any atom is 0.323 e. The molecule has 0 fully saturated rings. The zero-order chi connectivity index (χ0) is 13.9. The van der Waals surface area contributed by atoms with Crippen molar-refractivity contribution in [2.24, 2.45) is 0 Å². The lowest BCUT2D eigenvalue weighted by Gasteiger charge is -2.21. The molecule has 0 aliphatic heterocycles. The average molecular weight is 250 g/mol. The van der Waals surface area contributed by atoms with Crippen molar-refractivity contribution in [1.29, 1.82) is 0 Å². The number of hydrogen-bond acceptors (Lipinski definition) is 6. The van der Waals surface area contributed by atoms with Crippen molar-refractivity contribution >= 4 is 17.8 Å². The van der Waals surface area contributed by atoms with Crippen molar-refractivity contribution in [1.82, 2.24) is 9.97 Å². The molecule has 0 aromatic carbocycles. The maximum absolute atomic E-state index is 11.3. The van der Waals surface area contributed by atoms with Crippen LogP contribution in [-0.2, 0) is 0 Å². The minimum absolute atomic E-state index is 0.231. The topological polar surface area (TPSA) is 108 Å². The van der Waals surface area contributed by atoms with Gasteiger partial charge in [-0.25, -0.2) is 4.73 Å². The standard InChI is InChI=1S/C11H18N6O/c1-7(2)5-16(6-8(3)4)11-14-9(12)17(18)10(13)15-11/h1,3,5-6H2,2,4H3,(H4,12,13,14,15). The maximum atomic E-state index is 11.3. The molecule has 0 spiro atoms. The Bertz CT molecular complexity index is 445. The molecule has 7 heteroatoms. The highest BCUT2D eigenvalue weighted by Crippen LogP contribution is 2.12. The van der Waals surface area contributed by atoms with Crippen molar-refractivity contribution in [2.45, 2.75) is 13.8 Å². The fourth-order valence-electron chi connectivity index (χ4n) is 1.43. The van der Waals surface area contributed by atoms with Gasteiger partial charge in [0.25, 0.3) is 0 Å². The predicted octanol–water partition coefficient (Wildman–Crippen LogP) is 0.233. The molecule has 98 valence electrons. The first kappa shape index (κ1) is 13.8. The summed E-state index contributed by atoms with van der Waals surface area (Å²) in [5.41, 5.74) is 12.8. The Morgan fingerprint density at radius 2 is 1.56 bits per heavy atom. The third kappa shape index (κ3) is 3.34. The van der Waals surface area contributed by atoms with Crippen LogP contribution in [0, 0.1) is 5.21 Å². The molecule has 1 aromatic heterocycles. The largest absolute Gasteiger partial charge is 0.762 e. The number of nitrogen functional groups attached to an aromatic ring is 2. The Balaban J connectivity index is 3.12. The number of rotatable bonds is 5. The molecule has 1 heterocycles. The van der Waals surface area contributed by atoms with Crippen LogP contribution in [0.15, 0.2) is 24.3 Å². The lowest BCUT2D eigenvalue weighted by Crippen LogP contribution is -2.39. The Morgan fingerprint density at radius 1 is 1.17 bits per heavy atom. The highest BCUT2D eigenvalue weighted by molar-refractivity contribution is 5.38. The van der Waals surface area contributed by atoms with Gasteiger partial charge in [-0.1, -0.05) is 34.3 Å². The highest BCUT2D eigenvalue weighted by Gasteiger charge is 2.17. The van der Waals surface area contributed by atoms with E-state index >= 15 is 0 Å². The van der Waals surface area contributed by atoms with E-state index in [1.54, 1.807) is 4.90 Å². The third-order valence-electron chi connectivity index (χ3n) is 2.05. The Hall–Kier alpha value is -2.31. The van der Waals surface area contributed by atoms with E-state index < -0.39 is 0 Å². The smallest absolute Gasteiger partial charge is 0.323 e. The molecule has 0 saturated heterocycles.